The molecule has 0 unspecified atom stereocenters. The number of rotatable bonds is 2. The summed E-state index contributed by atoms with van der Waals surface area (Å²) in [7, 11) is 0. The minimum absolute atomic E-state index is 0.298. The van der Waals surface area contributed by atoms with Crippen LogP contribution in [0.2, 0.25) is 0 Å². The van der Waals surface area contributed by atoms with Crippen molar-refractivity contribution in [3.8, 4) is 0 Å². The van der Waals surface area contributed by atoms with Gasteiger partial charge in [0.25, 0.3) is 11.8 Å². The summed E-state index contributed by atoms with van der Waals surface area (Å²) in [4.78, 5) is 38.6. The van der Waals surface area contributed by atoms with Crippen LogP contribution in [0.25, 0.3) is 15.9 Å². The van der Waals surface area contributed by atoms with Crippen molar-refractivity contribution in [2.75, 3.05) is 0 Å². The van der Waals surface area contributed by atoms with E-state index in [1.54, 1.807) is 53.4 Å². The van der Waals surface area contributed by atoms with E-state index in [9.17, 15) is 9.59 Å². The fourth-order valence-corrected chi connectivity index (χ4v) is 5.65. The first-order valence-electron chi connectivity index (χ1n) is 9.76. The number of aryl methyl sites for hydroxylation is 2. The Morgan fingerprint density at radius 2 is 1.79 bits per heavy atom. The molecule has 0 fully saturated rings. The lowest BCUT2D eigenvalue weighted by molar-refractivity contribution is 0.0589. The molecule has 4 heterocycles. The van der Waals surface area contributed by atoms with E-state index < -0.39 is 6.04 Å². The molecule has 8 heteroatoms. The van der Waals surface area contributed by atoms with Gasteiger partial charge in [0.1, 0.15) is 11.2 Å². The Labute approximate surface area is 170 Å². The molecule has 4 aromatic rings. The van der Waals surface area contributed by atoms with Gasteiger partial charge in [-0.2, -0.15) is 0 Å². The monoisotopic (exact) mass is 403 g/mol. The number of carbonyl (C=O) groups excluding carboxylic acids is 2. The molecule has 144 valence electrons. The van der Waals surface area contributed by atoms with Crippen molar-refractivity contribution < 1.29 is 9.59 Å². The van der Waals surface area contributed by atoms with Gasteiger partial charge >= 0.3 is 0 Å². The van der Waals surface area contributed by atoms with E-state index in [1.807, 2.05) is 0 Å². The standard InChI is InChI=1S/C21H17N5O2S/c1-11(26-20(27)12-6-2-3-7-13(12)21(26)28)17-23-18-16-14-8-4-5-9-15(14)29-19(16)22-10-25(18)24-17/h2-3,6-7,10-11H,4-5,8-9H2,1H3/t11-/m0/s1. The molecule has 1 aliphatic heterocycles. The molecule has 0 radical (unpaired) electrons. The molecule has 0 bridgehead atoms. The Balaban J connectivity index is 1.47. The lowest BCUT2D eigenvalue weighted by Crippen LogP contribution is -2.33. The van der Waals surface area contributed by atoms with Crippen molar-refractivity contribution in [3.63, 3.8) is 0 Å². The SMILES string of the molecule is C[C@@H](c1nc2c3c4c(sc3ncn2n1)CCCC4)N1C(=O)c2ccccc2C1=O. The molecular formula is C21H17N5O2S. The zero-order valence-corrected chi connectivity index (χ0v) is 16.6. The number of carbonyl (C=O) groups is 2. The number of nitrogens with zero attached hydrogens (tertiary/aromatic N) is 5. The molecule has 6 rings (SSSR count). The Bertz CT molecular complexity index is 1300. The molecule has 2 amide bonds. The third kappa shape index (κ3) is 2.26. The van der Waals surface area contributed by atoms with Gasteiger partial charge in [-0.15, -0.1) is 16.4 Å². The van der Waals surface area contributed by atoms with E-state index in [1.165, 1.54) is 28.2 Å². The van der Waals surface area contributed by atoms with Crippen LogP contribution < -0.4 is 0 Å². The number of hydrogen-bond donors (Lipinski definition) is 0. The van der Waals surface area contributed by atoms with Crippen LogP contribution in [0.1, 0.15) is 62.8 Å². The Morgan fingerprint density at radius 1 is 1.07 bits per heavy atom. The summed E-state index contributed by atoms with van der Waals surface area (Å²) in [6, 6.07) is 6.34. The van der Waals surface area contributed by atoms with Crippen LogP contribution in [-0.4, -0.2) is 36.3 Å². The predicted octanol–water partition coefficient (Wildman–Crippen LogP) is 3.58. The Kier molecular flexibility index (Phi) is 3.44. The van der Waals surface area contributed by atoms with Crippen LogP contribution in [0.15, 0.2) is 30.6 Å². The van der Waals surface area contributed by atoms with E-state index in [2.05, 4.69) is 10.1 Å². The molecule has 0 N–H and O–H groups in total. The normalized spacial score (nSPS) is 17.2. The van der Waals surface area contributed by atoms with Gasteiger partial charge in [-0.1, -0.05) is 12.1 Å². The molecule has 0 spiro atoms. The number of fused-ring (bicyclic) bond motifs is 6. The van der Waals surface area contributed by atoms with Gasteiger partial charge < -0.3 is 0 Å². The fourth-order valence-electron chi connectivity index (χ4n) is 4.42. The van der Waals surface area contributed by atoms with Crippen LogP contribution in [-0.2, 0) is 12.8 Å². The maximum Gasteiger partial charge on any atom is 0.262 e. The highest BCUT2D eigenvalue weighted by atomic mass is 32.1. The van der Waals surface area contributed by atoms with Gasteiger partial charge in [0, 0.05) is 4.88 Å². The number of thiophene rings is 1. The van der Waals surface area contributed by atoms with Gasteiger partial charge in [0.2, 0.25) is 0 Å². The first-order valence-corrected chi connectivity index (χ1v) is 10.6. The van der Waals surface area contributed by atoms with E-state index in [0.29, 0.717) is 17.0 Å². The molecule has 1 aliphatic carbocycles. The highest BCUT2D eigenvalue weighted by molar-refractivity contribution is 7.19. The van der Waals surface area contributed by atoms with Crippen molar-refractivity contribution in [2.45, 2.75) is 38.6 Å². The van der Waals surface area contributed by atoms with Crippen LogP contribution in [0.5, 0.6) is 0 Å². The van der Waals surface area contributed by atoms with Crippen molar-refractivity contribution in [3.05, 3.63) is 58.0 Å². The smallest absolute Gasteiger partial charge is 0.262 e. The van der Waals surface area contributed by atoms with Crippen LogP contribution >= 0.6 is 11.3 Å². The van der Waals surface area contributed by atoms with Crippen LogP contribution in [0.3, 0.4) is 0 Å². The minimum Gasteiger partial charge on any atom is -0.269 e. The highest BCUT2D eigenvalue weighted by Crippen LogP contribution is 2.37. The zero-order chi connectivity index (χ0) is 19.7. The van der Waals surface area contributed by atoms with Gasteiger partial charge in [-0.05, 0) is 50.3 Å². The summed E-state index contributed by atoms with van der Waals surface area (Å²) < 4.78 is 1.67. The quantitative estimate of drug-likeness (QED) is 0.478. The fraction of sp³-hybridized carbons (Fsp3) is 0.286. The van der Waals surface area contributed by atoms with Crippen LogP contribution in [0, 0.1) is 0 Å². The van der Waals surface area contributed by atoms with E-state index in [-0.39, 0.29) is 11.8 Å². The lowest BCUT2D eigenvalue weighted by Gasteiger charge is -2.19. The number of amides is 2. The second kappa shape index (κ2) is 5.93. The van der Waals surface area contributed by atoms with Gasteiger partial charge in [-0.3, -0.25) is 14.5 Å². The summed E-state index contributed by atoms with van der Waals surface area (Å²) in [5, 5.41) is 5.64. The van der Waals surface area contributed by atoms with Crippen LogP contribution in [0.4, 0.5) is 0 Å². The molecule has 1 aromatic carbocycles. The van der Waals surface area contributed by atoms with Crippen molar-refractivity contribution in [1.29, 1.82) is 0 Å². The Morgan fingerprint density at radius 3 is 2.55 bits per heavy atom. The molecular weight excluding hydrogens is 386 g/mol. The summed E-state index contributed by atoms with van der Waals surface area (Å²) in [5.41, 5.74) is 2.96. The average Bonchev–Trinajstić information content (AvgIpc) is 3.40. The predicted molar refractivity (Wildman–Crippen MR) is 108 cm³/mol. The summed E-state index contributed by atoms with van der Waals surface area (Å²) >= 11 is 1.74. The third-order valence-corrected chi connectivity index (χ3v) is 7.09. The first-order chi connectivity index (χ1) is 14.1. The molecule has 2 aliphatic rings. The second-order valence-electron chi connectivity index (χ2n) is 7.58. The van der Waals surface area contributed by atoms with Crippen molar-refractivity contribution >= 4 is 39.0 Å². The Hall–Kier alpha value is -3.13. The topological polar surface area (TPSA) is 80.5 Å². The van der Waals surface area contributed by atoms with E-state index in [4.69, 9.17) is 4.98 Å². The van der Waals surface area contributed by atoms with E-state index >= 15 is 0 Å². The number of imide groups is 1. The number of benzene rings is 1. The second-order valence-corrected chi connectivity index (χ2v) is 8.66. The van der Waals surface area contributed by atoms with Gasteiger partial charge in [0.15, 0.2) is 11.5 Å². The average molecular weight is 403 g/mol. The molecule has 0 saturated heterocycles. The maximum absolute atomic E-state index is 12.8. The molecule has 0 saturated carbocycles. The summed E-state index contributed by atoms with van der Waals surface area (Å²) in [6.07, 6.45) is 6.18. The van der Waals surface area contributed by atoms with E-state index in [0.717, 1.165) is 28.7 Å². The summed E-state index contributed by atoms with van der Waals surface area (Å²) in [5.74, 6) is -0.147. The maximum atomic E-state index is 12.8. The zero-order valence-electron chi connectivity index (χ0n) is 15.8. The third-order valence-electron chi connectivity index (χ3n) is 5.89. The number of hydrogen-bond acceptors (Lipinski definition) is 6. The summed E-state index contributed by atoms with van der Waals surface area (Å²) in [6.45, 7) is 1.80. The molecule has 29 heavy (non-hydrogen) atoms. The lowest BCUT2D eigenvalue weighted by atomic mass is 9.97. The number of aromatic nitrogens is 4. The molecule has 3 aromatic heterocycles. The molecule has 7 nitrogen and oxygen atoms in total. The van der Waals surface area contributed by atoms with Gasteiger partial charge in [0.05, 0.1) is 22.6 Å². The minimum atomic E-state index is -0.563. The largest absolute Gasteiger partial charge is 0.269 e. The molecule has 1 atom stereocenters. The van der Waals surface area contributed by atoms with Crippen molar-refractivity contribution in [2.24, 2.45) is 0 Å². The van der Waals surface area contributed by atoms with Crippen molar-refractivity contribution in [1.82, 2.24) is 24.5 Å². The van der Waals surface area contributed by atoms with Gasteiger partial charge in [-0.25, -0.2) is 14.5 Å². The first kappa shape index (κ1) is 16.8. The highest BCUT2D eigenvalue weighted by Gasteiger charge is 2.40.